The van der Waals surface area contributed by atoms with Gasteiger partial charge in [0.15, 0.2) is 0 Å². The molecular formula is C17H24O. The maximum atomic E-state index is 10.2. The predicted octanol–water partition coefficient (Wildman–Crippen LogP) is 4.10. The van der Waals surface area contributed by atoms with Crippen LogP contribution in [0.25, 0.3) is 0 Å². The van der Waals surface area contributed by atoms with E-state index in [1.54, 1.807) is 0 Å². The van der Waals surface area contributed by atoms with E-state index in [0.29, 0.717) is 0 Å². The van der Waals surface area contributed by atoms with Crippen LogP contribution in [0.3, 0.4) is 0 Å². The van der Waals surface area contributed by atoms with Gasteiger partial charge in [0.2, 0.25) is 0 Å². The van der Waals surface area contributed by atoms with Crippen molar-refractivity contribution in [2.75, 3.05) is 0 Å². The molecule has 18 heavy (non-hydrogen) atoms. The van der Waals surface area contributed by atoms with Crippen LogP contribution in [-0.2, 0) is 6.42 Å². The molecule has 0 aliphatic heterocycles. The van der Waals surface area contributed by atoms with Crippen LogP contribution in [0.4, 0.5) is 0 Å². The highest BCUT2D eigenvalue weighted by molar-refractivity contribution is 5.30. The van der Waals surface area contributed by atoms with E-state index in [1.165, 1.54) is 47.9 Å². The third-order valence-corrected chi connectivity index (χ3v) is 3.93. The first-order valence-electron chi connectivity index (χ1n) is 7.07. The van der Waals surface area contributed by atoms with E-state index in [0.717, 1.165) is 12.8 Å². The molecule has 1 heteroatoms. The van der Waals surface area contributed by atoms with Gasteiger partial charge in [0.1, 0.15) is 0 Å². The van der Waals surface area contributed by atoms with E-state index in [2.05, 4.69) is 38.1 Å². The van der Waals surface area contributed by atoms with E-state index in [-0.39, 0.29) is 6.10 Å². The Labute approximate surface area is 111 Å². The zero-order valence-electron chi connectivity index (χ0n) is 11.6. The standard InChI is InChI=1S/C17H24O/c1-13-8-9-16(10-14(13)2)12-17(18)11-15-6-4-3-5-7-15/h6,8-10,17-18H,3-5,7,11-12H2,1-2H3. The second-order valence-corrected chi connectivity index (χ2v) is 5.59. The van der Waals surface area contributed by atoms with Crippen LogP contribution in [0.5, 0.6) is 0 Å². The maximum Gasteiger partial charge on any atom is 0.0617 e. The topological polar surface area (TPSA) is 20.2 Å². The summed E-state index contributed by atoms with van der Waals surface area (Å²) in [6.45, 7) is 4.26. The van der Waals surface area contributed by atoms with E-state index in [4.69, 9.17) is 0 Å². The van der Waals surface area contributed by atoms with Gasteiger partial charge in [-0.15, -0.1) is 0 Å². The Bertz CT molecular complexity index is 431. The van der Waals surface area contributed by atoms with Crippen LogP contribution in [-0.4, -0.2) is 11.2 Å². The van der Waals surface area contributed by atoms with Crippen molar-refractivity contribution >= 4 is 0 Å². The highest BCUT2D eigenvalue weighted by Gasteiger charge is 2.11. The maximum absolute atomic E-state index is 10.2. The summed E-state index contributed by atoms with van der Waals surface area (Å²) in [5.41, 5.74) is 5.35. The molecule has 0 spiro atoms. The summed E-state index contributed by atoms with van der Waals surface area (Å²) in [5.74, 6) is 0. The zero-order chi connectivity index (χ0) is 13.0. The fourth-order valence-electron chi connectivity index (χ4n) is 2.67. The Morgan fingerprint density at radius 1 is 1.11 bits per heavy atom. The van der Waals surface area contributed by atoms with Gasteiger partial charge in [0.05, 0.1) is 6.10 Å². The van der Waals surface area contributed by atoms with Crippen molar-refractivity contribution in [1.29, 1.82) is 0 Å². The number of rotatable bonds is 4. The lowest BCUT2D eigenvalue weighted by molar-refractivity contribution is 0.173. The molecule has 0 aromatic heterocycles. The van der Waals surface area contributed by atoms with Crippen LogP contribution in [0.1, 0.15) is 48.8 Å². The summed E-state index contributed by atoms with van der Waals surface area (Å²) in [5, 5.41) is 10.2. The van der Waals surface area contributed by atoms with Crippen molar-refractivity contribution in [2.24, 2.45) is 0 Å². The SMILES string of the molecule is Cc1ccc(CC(O)CC2=CCCCC2)cc1C. The third kappa shape index (κ3) is 3.71. The molecule has 2 rings (SSSR count). The summed E-state index contributed by atoms with van der Waals surface area (Å²) >= 11 is 0. The smallest absolute Gasteiger partial charge is 0.0617 e. The van der Waals surface area contributed by atoms with Crippen molar-refractivity contribution in [3.63, 3.8) is 0 Å². The first-order valence-corrected chi connectivity index (χ1v) is 7.07. The largest absolute Gasteiger partial charge is 0.392 e. The Hall–Kier alpha value is -1.08. The summed E-state index contributed by atoms with van der Waals surface area (Å²) in [7, 11) is 0. The minimum absolute atomic E-state index is 0.226. The first-order chi connectivity index (χ1) is 8.65. The van der Waals surface area contributed by atoms with Crippen LogP contribution < -0.4 is 0 Å². The molecule has 1 aromatic rings. The number of aliphatic hydroxyl groups is 1. The fourth-order valence-corrected chi connectivity index (χ4v) is 2.67. The third-order valence-electron chi connectivity index (χ3n) is 3.93. The quantitative estimate of drug-likeness (QED) is 0.791. The molecule has 1 N–H and O–H groups in total. The monoisotopic (exact) mass is 244 g/mol. The molecule has 1 atom stereocenters. The minimum Gasteiger partial charge on any atom is -0.392 e. The second-order valence-electron chi connectivity index (χ2n) is 5.59. The molecule has 0 bridgehead atoms. The normalized spacial score (nSPS) is 17.4. The fraction of sp³-hybridized carbons (Fsp3) is 0.529. The average Bonchev–Trinajstić information content (AvgIpc) is 2.35. The molecular weight excluding hydrogens is 220 g/mol. The first kappa shape index (κ1) is 13.4. The van der Waals surface area contributed by atoms with Gasteiger partial charge in [-0.2, -0.15) is 0 Å². The Kier molecular flexibility index (Phi) is 4.60. The summed E-state index contributed by atoms with van der Waals surface area (Å²) in [6, 6.07) is 6.49. The summed E-state index contributed by atoms with van der Waals surface area (Å²) < 4.78 is 0. The van der Waals surface area contributed by atoms with Crippen LogP contribution >= 0.6 is 0 Å². The molecule has 0 saturated carbocycles. The van der Waals surface area contributed by atoms with E-state index >= 15 is 0 Å². The summed E-state index contributed by atoms with van der Waals surface area (Å²) in [4.78, 5) is 0. The Balaban J connectivity index is 1.92. The Morgan fingerprint density at radius 2 is 1.94 bits per heavy atom. The van der Waals surface area contributed by atoms with Gasteiger partial charge in [-0.3, -0.25) is 0 Å². The lowest BCUT2D eigenvalue weighted by atomic mass is 9.92. The highest BCUT2D eigenvalue weighted by atomic mass is 16.3. The second kappa shape index (κ2) is 6.19. The van der Waals surface area contributed by atoms with Crippen LogP contribution in [0.2, 0.25) is 0 Å². The average molecular weight is 244 g/mol. The number of aliphatic hydroxyl groups excluding tert-OH is 1. The molecule has 0 amide bonds. The number of hydrogen-bond acceptors (Lipinski definition) is 1. The summed E-state index contributed by atoms with van der Waals surface area (Å²) in [6.07, 6.45) is 8.73. The zero-order valence-corrected chi connectivity index (χ0v) is 11.6. The molecule has 0 heterocycles. The molecule has 0 saturated heterocycles. The van der Waals surface area contributed by atoms with Crippen molar-refractivity contribution < 1.29 is 5.11 Å². The van der Waals surface area contributed by atoms with E-state index < -0.39 is 0 Å². The van der Waals surface area contributed by atoms with Gasteiger partial charge in [0, 0.05) is 0 Å². The van der Waals surface area contributed by atoms with Crippen molar-refractivity contribution in [2.45, 2.75) is 58.5 Å². The number of allylic oxidation sites excluding steroid dienone is 1. The molecule has 0 radical (unpaired) electrons. The van der Waals surface area contributed by atoms with Gasteiger partial charge in [-0.1, -0.05) is 29.8 Å². The van der Waals surface area contributed by atoms with Crippen molar-refractivity contribution in [3.8, 4) is 0 Å². The molecule has 1 unspecified atom stereocenters. The molecule has 1 aliphatic carbocycles. The highest BCUT2D eigenvalue weighted by Crippen LogP contribution is 2.22. The number of aryl methyl sites for hydroxylation is 2. The number of hydrogen-bond donors (Lipinski definition) is 1. The van der Waals surface area contributed by atoms with Gasteiger partial charge in [0.25, 0.3) is 0 Å². The Morgan fingerprint density at radius 3 is 2.61 bits per heavy atom. The predicted molar refractivity (Wildman–Crippen MR) is 76.8 cm³/mol. The lowest BCUT2D eigenvalue weighted by Gasteiger charge is -2.17. The van der Waals surface area contributed by atoms with Gasteiger partial charge in [-0.05, 0) is 69.1 Å². The molecule has 1 aromatic carbocycles. The number of benzene rings is 1. The van der Waals surface area contributed by atoms with Crippen molar-refractivity contribution in [1.82, 2.24) is 0 Å². The minimum atomic E-state index is -0.226. The molecule has 1 aliphatic rings. The van der Waals surface area contributed by atoms with E-state index in [1.807, 2.05) is 0 Å². The molecule has 1 nitrogen and oxygen atoms in total. The van der Waals surface area contributed by atoms with Crippen molar-refractivity contribution in [3.05, 3.63) is 46.5 Å². The lowest BCUT2D eigenvalue weighted by Crippen LogP contribution is -2.12. The van der Waals surface area contributed by atoms with Gasteiger partial charge in [-0.25, -0.2) is 0 Å². The van der Waals surface area contributed by atoms with Crippen LogP contribution in [0.15, 0.2) is 29.8 Å². The van der Waals surface area contributed by atoms with Crippen LogP contribution in [0, 0.1) is 13.8 Å². The molecule has 0 fully saturated rings. The molecule has 98 valence electrons. The van der Waals surface area contributed by atoms with Gasteiger partial charge < -0.3 is 5.11 Å². The van der Waals surface area contributed by atoms with E-state index in [9.17, 15) is 5.11 Å². The van der Waals surface area contributed by atoms with Gasteiger partial charge >= 0.3 is 0 Å².